The first-order valence-corrected chi connectivity index (χ1v) is 6.65. The fraction of sp³-hybridized carbons (Fsp3) is 0.929. The van der Waals surface area contributed by atoms with Gasteiger partial charge < -0.3 is 9.57 Å². The molecule has 0 atom stereocenters. The summed E-state index contributed by atoms with van der Waals surface area (Å²) in [4.78, 5) is 17.2. The zero-order valence-corrected chi connectivity index (χ0v) is 12.7. The predicted octanol–water partition coefficient (Wildman–Crippen LogP) is 2.77. The third-order valence-corrected chi connectivity index (χ3v) is 3.49. The number of carbonyl (C=O) groups is 1. The summed E-state index contributed by atoms with van der Waals surface area (Å²) in [5.41, 5.74) is -0.281. The average molecular weight is 257 g/mol. The monoisotopic (exact) mass is 257 g/mol. The number of hydrogen-bond donors (Lipinski definition) is 0. The Kier molecular flexibility index (Phi) is 4.44. The van der Waals surface area contributed by atoms with Gasteiger partial charge in [0.25, 0.3) is 0 Å². The highest BCUT2D eigenvalue weighted by Crippen LogP contribution is 2.39. The summed E-state index contributed by atoms with van der Waals surface area (Å²) in [5, 5.41) is 2.01. The van der Waals surface area contributed by atoms with E-state index in [9.17, 15) is 4.79 Å². The lowest BCUT2D eigenvalue weighted by Gasteiger charge is -2.52. The van der Waals surface area contributed by atoms with Crippen molar-refractivity contribution in [1.29, 1.82) is 0 Å². The largest absolute Gasteiger partial charge is 0.462 e. The molecule has 0 N–H and O–H groups in total. The molecule has 4 nitrogen and oxygen atoms in total. The Morgan fingerprint density at radius 1 is 1.17 bits per heavy atom. The summed E-state index contributed by atoms with van der Waals surface area (Å²) in [5.74, 6) is -0.186. The van der Waals surface area contributed by atoms with Gasteiger partial charge in [0.05, 0.1) is 13.0 Å². The van der Waals surface area contributed by atoms with Crippen molar-refractivity contribution < 1.29 is 14.4 Å². The Balaban J connectivity index is 2.80. The molecule has 0 amide bonds. The molecule has 1 heterocycles. The van der Waals surface area contributed by atoms with Crippen LogP contribution in [-0.2, 0) is 14.4 Å². The minimum atomic E-state index is -0.140. The number of esters is 1. The lowest BCUT2D eigenvalue weighted by Crippen LogP contribution is -2.61. The SMILES string of the molecule is CON1C(C)(C)CC(OC(=O)C(C)C)CC1(C)C. The van der Waals surface area contributed by atoms with Crippen molar-refractivity contribution in [3.05, 3.63) is 0 Å². The summed E-state index contributed by atoms with van der Waals surface area (Å²) in [6.45, 7) is 12.2. The van der Waals surface area contributed by atoms with Crippen LogP contribution in [-0.4, -0.2) is 35.3 Å². The van der Waals surface area contributed by atoms with E-state index in [-0.39, 0.29) is 29.1 Å². The van der Waals surface area contributed by atoms with Crippen LogP contribution in [0.15, 0.2) is 0 Å². The molecule has 0 aromatic carbocycles. The number of piperidine rings is 1. The van der Waals surface area contributed by atoms with Crippen molar-refractivity contribution in [3.63, 3.8) is 0 Å². The van der Waals surface area contributed by atoms with Crippen LogP contribution in [0.1, 0.15) is 54.4 Å². The Bertz CT molecular complexity index is 292. The van der Waals surface area contributed by atoms with Crippen LogP contribution in [0.3, 0.4) is 0 Å². The van der Waals surface area contributed by atoms with Gasteiger partial charge in [-0.15, -0.1) is 0 Å². The molecule has 0 saturated carbocycles. The van der Waals surface area contributed by atoms with Gasteiger partial charge in [0.15, 0.2) is 0 Å². The zero-order valence-electron chi connectivity index (χ0n) is 12.7. The van der Waals surface area contributed by atoms with E-state index in [1.54, 1.807) is 7.11 Å². The third kappa shape index (κ3) is 3.23. The normalized spacial score (nSPS) is 24.2. The van der Waals surface area contributed by atoms with Crippen LogP contribution in [0.5, 0.6) is 0 Å². The van der Waals surface area contributed by atoms with Crippen LogP contribution < -0.4 is 0 Å². The second-order valence-corrected chi connectivity index (χ2v) is 6.72. The van der Waals surface area contributed by atoms with Crippen molar-refractivity contribution in [2.75, 3.05) is 7.11 Å². The molecule has 4 heteroatoms. The van der Waals surface area contributed by atoms with Crippen molar-refractivity contribution in [1.82, 2.24) is 5.06 Å². The van der Waals surface area contributed by atoms with E-state index < -0.39 is 0 Å². The molecule has 1 fully saturated rings. The van der Waals surface area contributed by atoms with Crippen LogP contribution in [0.2, 0.25) is 0 Å². The molecule has 0 radical (unpaired) electrons. The molecule has 0 unspecified atom stereocenters. The van der Waals surface area contributed by atoms with E-state index in [0.29, 0.717) is 0 Å². The molecule has 106 valence electrons. The first-order valence-electron chi connectivity index (χ1n) is 6.65. The van der Waals surface area contributed by atoms with Gasteiger partial charge in [-0.2, -0.15) is 5.06 Å². The summed E-state index contributed by atoms with van der Waals surface area (Å²) >= 11 is 0. The van der Waals surface area contributed by atoms with Crippen LogP contribution >= 0.6 is 0 Å². The van der Waals surface area contributed by atoms with Gasteiger partial charge >= 0.3 is 5.97 Å². The molecular weight excluding hydrogens is 230 g/mol. The second-order valence-electron chi connectivity index (χ2n) is 6.72. The van der Waals surface area contributed by atoms with E-state index in [1.807, 2.05) is 18.9 Å². The Labute approximate surface area is 111 Å². The number of nitrogens with zero attached hydrogens (tertiary/aromatic N) is 1. The standard InChI is InChI=1S/C14H27NO3/c1-10(2)12(16)18-11-8-13(3,4)15(17-7)14(5,6)9-11/h10-11H,8-9H2,1-7H3. The maximum Gasteiger partial charge on any atom is 0.308 e. The highest BCUT2D eigenvalue weighted by molar-refractivity contribution is 5.71. The smallest absolute Gasteiger partial charge is 0.308 e. The molecule has 1 aliphatic rings. The topological polar surface area (TPSA) is 38.8 Å². The number of rotatable bonds is 3. The number of ether oxygens (including phenoxy) is 1. The average Bonchev–Trinajstić information content (AvgIpc) is 2.13. The van der Waals surface area contributed by atoms with Gasteiger partial charge in [0.1, 0.15) is 6.10 Å². The predicted molar refractivity (Wildman–Crippen MR) is 71.0 cm³/mol. The van der Waals surface area contributed by atoms with E-state index in [0.717, 1.165) is 12.8 Å². The Hall–Kier alpha value is -0.610. The fourth-order valence-electron chi connectivity index (χ4n) is 3.05. The molecule has 1 rings (SSSR count). The minimum absolute atomic E-state index is 0.0312. The first-order chi connectivity index (χ1) is 8.10. The molecule has 18 heavy (non-hydrogen) atoms. The highest BCUT2D eigenvalue weighted by Gasteiger charge is 2.47. The zero-order chi connectivity index (χ0) is 14.1. The van der Waals surface area contributed by atoms with Crippen molar-refractivity contribution in [3.8, 4) is 0 Å². The van der Waals surface area contributed by atoms with Crippen molar-refractivity contribution in [2.45, 2.75) is 71.6 Å². The lowest BCUT2D eigenvalue weighted by atomic mass is 9.80. The van der Waals surface area contributed by atoms with Gasteiger partial charge in [-0.05, 0) is 27.7 Å². The number of hydroxylamine groups is 2. The molecule has 0 aromatic heterocycles. The van der Waals surface area contributed by atoms with Crippen LogP contribution in [0.25, 0.3) is 0 Å². The van der Waals surface area contributed by atoms with Crippen molar-refractivity contribution in [2.24, 2.45) is 5.92 Å². The fourth-order valence-corrected chi connectivity index (χ4v) is 3.05. The number of hydrogen-bond acceptors (Lipinski definition) is 4. The molecule has 0 spiro atoms. The Morgan fingerprint density at radius 3 is 1.94 bits per heavy atom. The van der Waals surface area contributed by atoms with E-state index in [1.165, 1.54) is 0 Å². The first kappa shape index (κ1) is 15.4. The minimum Gasteiger partial charge on any atom is -0.462 e. The van der Waals surface area contributed by atoms with E-state index in [4.69, 9.17) is 9.57 Å². The summed E-state index contributed by atoms with van der Waals surface area (Å²) < 4.78 is 5.60. The van der Waals surface area contributed by atoms with Gasteiger partial charge in [0.2, 0.25) is 0 Å². The van der Waals surface area contributed by atoms with E-state index >= 15 is 0 Å². The summed E-state index contributed by atoms with van der Waals surface area (Å²) in [7, 11) is 1.70. The van der Waals surface area contributed by atoms with Gasteiger partial charge in [0, 0.05) is 23.9 Å². The summed E-state index contributed by atoms with van der Waals surface area (Å²) in [6.07, 6.45) is 1.56. The maximum absolute atomic E-state index is 11.7. The molecule has 1 aliphatic heterocycles. The molecular formula is C14H27NO3. The number of carbonyl (C=O) groups excluding carboxylic acids is 1. The second kappa shape index (κ2) is 5.17. The molecule has 0 bridgehead atoms. The lowest BCUT2D eigenvalue weighted by molar-refractivity contribution is -0.278. The maximum atomic E-state index is 11.7. The van der Waals surface area contributed by atoms with E-state index in [2.05, 4.69) is 27.7 Å². The van der Waals surface area contributed by atoms with Crippen molar-refractivity contribution >= 4 is 5.97 Å². The molecule has 1 saturated heterocycles. The molecule has 0 aromatic rings. The molecule has 0 aliphatic carbocycles. The van der Waals surface area contributed by atoms with Gasteiger partial charge in [-0.1, -0.05) is 13.8 Å². The van der Waals surface area contributed by atoms with Gasteiger partial charge in [-0.25, -0.2) is 0 Å². The van der Waals surface area contributed by atoms with Gasteiger partial charge in [-0.3, -0.25) is 4.79 Å². The van der Waals surface area contributed by atoms with Crippen LogP contribution in [0, 0.1) is 5.92 Å². The highest BCUT2D eigenvalue weighted by atomic mass is 16.7. The quantitative estimate of drug-likeness (QED) is 0.729. The van der Waals surface area contributed by atoms with Crippen LogP contribution in [0.4, 0.5) is 0 Å². The third-order valence-electron chi connectivity index (χ3n) is 3.49. The Morgan fingerprint density at radius 2 is 1.61 bits per heavy atom. The summed E-state index contributed by atoms with van der Waals surface area (Å²) in [6, 6.07) is 0.